The summed E-state index contributed by atoms with van der Waals surface area (Å²) in [5.41, 5.74) is 0. The third-order valence-corrected chi connectivity index (χ3v) is 3.57. The number of H-pyrrole nitrogens is 1. The highest BCUT2D eigenvalue weighted by Gasteiger charge is 2.46. The lowest BCUT2D eigenvalue weighted by atomic mass is 9.84. The van der Waals surface area contributed by atoms with E-state index in [-0.39, 0.29) is 12.2 Å². The number of nitrogens with zero attached hydrogens (tertiary/aromatic N) is 2. The summed E-state index contributed by atoms with van der Waals surface area (Å²) >= 11 is 0. The number of hydrogen-bond donors (Lipinski definition) is 2. The molecule has 1 aromatic heterocycles. The summed E-state index contributed by atoms with van der Waals surface area (Å²) in [5.74, 6) is -1.70. The Labute approximate surface area is 114 Å². The molecule has 1 saturated carbocycles. The van der Waals surface area contributed by atoms with Gasteiger partial charge in [0, 0.05) is 12.5 Å². The lowest BCUT2D eigenvalue weighted by Crippen LogP contribution is -2.47. The standard InChI is InChI=1S/C12H17F3N4O/c1-2-9-17-10(19-18-9)11(20)16-8-6-4-3-5-7(8)12(13,14)15/h7-8H,2-6H2,1H3,(H,16,20)(H,17,18,19). The molecule has 0 bridgehead atoms. The van der Waals surface area contributed by atoms with Gasteiger partial charge in [-0.15, -0.1) is 5.10 Å². The zero-order valence-corrected chi connectivity index (χ0v) is 11.1. The fourth-order valence-electron chi connectivity index (χ4n) is 2.48. The number of aromatic amines is 1. The van der Waals surface area contributed by atoms with E-state index in [0.29, 0.717) is 31.5 Å². The molecule has 0 aromatic carbocycles. The van der Waals surface area contributed by atoms with Crippen LogP contribution in [0.2, 0.25) is 0 Å². The SMILES string of the molecule is CCc1nc(C(=O)NC2CCCCC2C(F)(F)F)n[nH]1. The second-order valence-electron chi connectivity index (χ2n) is 4.97. The van der Waals surface area contributed by atoms with Crippen LogP contribution < -0.4 is 5.32 Å². The predicted octanol–water partition coefficient (Wildman–Crippen LogP) is 2.22. The molecule has 0 spiro atoms. The third kappa shape index (κ3) is 3.29. The topological polar surface area (TPSA) is 70.7 Å². The van der Waals surface area contributed by atoms with E-state index in [1.54, 1.807) is 0 Å². The van der Waals surface area contributed by atoms with E-state index in [1.165, 1.54) is 0 Å². The summed E-state index contributed by atoms with van der Waals surface area (Å²) in [7, 11) is 0. The smallest absolute Gasteiger partial charge is 0.346 e. The van der Waals surface area contributed by atoms with Crippen molar-refractivity contribution in [1.82, 2.24) is 20.5 Å². The molecule has 20 heavy (non-hydrogen) atoms. The first-order chi connectivity index (χ1) is 9.41. The van der Waals surface area contributed by atoms with Gasteiger partial charge >= 0.3 is 6.18 Å². The molecule has 8 heteroatoms. The van der Waals surface area contributed by atoms with Crippen LogP contribution in [0, 0.1) is 5.92 Å². The fraction of sp³-hybridized carbons (Fsp3) is 0.750. The molecule has 0 aliphatic heterocycles. The molecule has 1 aliphatic rings. The first kappa shape index (κ1) is 14.8. The Bertz CT molecular complexity index is 472. The van der Waals surface area contributed by atoms with Crippen molar-refractivity contribution in [2.45, 2.75) is 51.2 Å². The molecule has 2 rings (SSSR count). The molecule has 2 N–H and O–H groups in total. The van der Waals surface area contributed by atoms with Gasteiger partial charge in [0.15, 0.2) is 0 Å². The zero-order valence-electron chi connectivity index (χ0n) is 11.1. The monoisotopic (exact) mass is 290 g/mol. The average molecular weight is 290 g/mol. The summed E-state index contributed by atoms with van der Waals surface area (Å²) in [4.78, 5) is 15.8. The molecule has 112 valence electrons. The van der Waals surface area contributed by atoms with Crippen LogP contribution in [0.15, 0.2) is 0 Å². The van der Waals surface area contributed by atoms with E-state index < -0.39 is 24.0 Å². The first-order valence-corrected chi connectivity index (χ1v) is 6.70. The predicted molar refractivity (Wildman–Crippen MR) is 65.0 cm³/mol. The Morgan fingerprint density at radius 2 is 2.10 bits per heavy atom. The minimum absolute atomic E-state index is 0.0582. The minimum Gasteiger partial charge on any atom is -0.346 e. The van der Waals surface area contributed by atoms with Gasteiger partial charge in [0.25, 0.3) is 5.91 Å². The van der Waals surface area contributed by atoms with Crippen LogP contribution in [0.3, 0.4) is 0 Å². The number of alkyl halides is 3. The van der Waals surface area contributed by atoms with Crippen LogP contribution in [0.25, 0.3) is 0 Å². The number of aromatic nitrogens is 3. The van der Waals surface area contributed by atoms with Crippen molar-refractivity contribution in [2.75, 3.05) is 0 Å². The van der Waals surface area contributed by atoms with Gasteiger partial charge in [-0.1, -0.05) is 19.8 Å². The molecule has 1 aliphatic carbocycles. The maximum absolute atomic E-state index is 12.9. The third-order valence-electron chi connectivity index (χ3n) is 3.57. The zero-order chi connectivity index (χ0) is 14.8. The summed E-state index contributed by atoms with van der Waals surface area (Å²) < 4.78 is 38.7. The highest BCUT2D eigenvalue weighted by molar-refractivity contribution is 5.90. The van der Waals surface area contributed by atoms with Crippen molar-refractivity contribution in [3.05, 3.63) is 11.6 Å². The molecular formula is C12H17F3N4O. The number of carbonyl (C=O) groups is 1. The first-order valence-electron chi connectivity index (χ1n) is 6.70. The van der Waals surface area contributed by atoms with Crippen LogP contribution in [0.5, 0.6) is 0 Å². The van der Waals surface area contributed by atoms with Gasteiger partial charge in [-0.2, -0.15) is 13.2 Å². The lowest BCUT2D eigenvalue weighted by molar-refractivity contribution is -0.187. The van der Waals surface area contributed by atoms with Crippen molar-refractivity contribution in [1.29, 1.82) is 0 Å². The van der Waals surface area contributed by atoms with E-state index >= 15 is 0 Å². The van der Waals surface area contributed by atoms with Crippen molar-refractivity contribution >= 4 is 5.91 Å². The van der Waals surface area contributed by atoms with Crippen LogP contribution in [0.4, 0.5) is 13.2 Å². The number of nitrogens with one attached hydrogen (secondary N) is 2. The van der Waals surface area contributed by atoms with Gasteiger partial charge in [-0.3, -0.25) is 9.89 Å². The molecule has 1 aromatic rings. The largest absolute Gasteiger partial charge is 0.393 e. The number of amides is 1. The quantitative estimate of drug-likeness (QED) is 0.896. The van der Waals surface area contributed by atoms with Crippen molar-refractivity contribution < 1.29 is 18.0 Å². The number of rotatable bonds is 3. The summed E-state index contributed by atoms with van der Waals surface area (Å²) in [5, 5.41) is 8.71. The van der Waals surface area contributed by atoms with Gasteiger partial charge in [0.1, 0.15) is 5.82 Å². The van der Waals surface area contributed by atoms with E-state index in [2.05, 4.69) is 20.5 Å². The summed E-state index contributed by atoms with van der Waals surface area (Å²) in [6.07, 6.45) is -2.09. The maximum Gasteiger partial charge on any atom is 0.393 e. The van der Waals surface area contributed by atoms with Gasteiger partial charge < -0.3 is 5.32 Å². The molecule has 0 saturated heterocycles. The normalized spacial score (nSPS) is 23.6. The Morgan fingerprint density at radius 1 is 1.40 bits per heavy atom. The second kappa shape index (κ2) is 5.80. The molecule has 0 radical (unpaired) electrons. The van der Waals surface area contributed by atoms with Gasteiger partial charge in [-0.25, -0.2) is 4.98 Å². The highest BCUT2D eigenvalue weighted by Crippen LogP contribution is 2.37. The molecule has 2 unspecified atom stereocenters. The van der Waals surface area contributed by atoms with E-state index in [1.807, 2.05) is 6.92 Å². The van der Waals surface area contributed by atoms with Crippen LogP contribution in [-0.4, -0.2) is 33.3 Å². The fourth-order valence-corrected chi connectivity index (χ4v) is 2.48. The van der Waals surface area contributed by atoms with Crippen LogP contribution in [-0.2, 0) is 6.42 Å². The molecule has 2 atom stereocenters. The molecular weight excluding hydrogens is 273 g/mol. The minimum atomic E-state index is -4.29. The van der Waals surface area contributed by atoms with Crippen molar-refractivity contribution in [3.8, 4) is 0 Å². The Balaban J connectivity index is 2.05. The Kier molecular flexibility index (Phi) is 4.29. The maximum atomic E-state index is 12.9. The number of carbonyl (C=O) groups excluding carboxylic acids is 1. The highest BCUT2D eigenvalue weighted by atomic mass is 19.4. The van der Waals surface area contributed by atoms with Gasteiger partial charge in [0.2, 0.25) is 5.82 Å². The van der Waals surface area contributed by atoms with Crippen LogP contribution in [0.1, 0.15) is 49.1 Å². The molecule has 1 amide bonds. The lowest BCUT2D eigenvalue weighted by Gasteiger charge is -2.33. The molecule has 1 fully saturated rings. The molecule has 1 heterocycles. The summed E-state index contributed by atoms with van der Waals surface area (Å²) in [6.45, 7) is 1.84. The van der Waals surface area contributed by atoms with Gasteiger partial charge in [-0.05, 0) is 12.8 Å². The van der Waals surface area contributed by atoms with E-state index in [0.717, 1.165) is 0 Å². The molecule has 5 nitrogen and oxygen atoms in total. The number of aryl methyl sites for hydroxylation is 1. The van der Waals surface area contributed by atoms with Crippen LogP contribution >= 0.6 is 0 Å². The van der Waals surface area contributed by atoms with E-state index in [9.17, 15) is 18.0 Å². The second-order valence-corrected chi connectivity index (χ2v) is 4.97. The Hall–Kier alpha value is -1.60. The summed E-state index contributed by atoms with van der Waals surface area (Å²) in [6, 6.07) is -0.889. The van der Waals surface area contributed by atoms with Crippen molar-refractivity contribution in [3.63, 3.8) is 0 Å². The number of halogens is 3. The van der Waals surface area contributed by atoms with E-state index in [4.69, 9.17) is 0 Å². The average Bonchev–Trinajstić information content (AvgIpc) is 2.87. The van der Waals surface area contributed by atoms with Crippen molar-refractivity contribution in [2.24, 2.45) is 5.92 Å². The van der Waals surface area contributed by atoms with Gasteiger partial charge in [0.05, 0.1) is 5.92 Å². The number of hydrogen-bond acceptors (Lipinski definition) is 3. The Morgan fingerprint density at radius 3 is 2.70 bits per heavy atom.